The molecular formula is C16H22ClF3N2O. The molecule has 0 spiro atoms. The van der Waals surface area contributed by atoms with E-state index in [0.29, 0.717) is 12.5 Å². The Hall–Kier alpha value is -1.27. The van der Waals surface area contributed by atoms with Gasteiger partial charge < -0.3 is 10.6 Å². The first kappa shape index (κ1) is 19.8. The average molecular weight is 351 g/mol. The van der Waals surface area contributed by atoms with E-state index >= 15 is 0 Å². The van der Waals surface area contributed by atoms with Crippen molar-refractivity contribution in [2.45, 2.75) is 31.4 Å². The van der Waals surface area contributed by atoms with Crippen LogP contribution in [0.1, 0.15) is 30.7 Å². The Bertz CT molecular complexity index is 476. The highest BCUT2D eigenvalue weighted by Crippen LogP contribution is 2.37. The second-order valence-corrected chi connectivity index (χ2v) is 5.71. The second kappa shape index (κ2) is 9.13. The summed E-state index contributed by atoms with van der Waals surface area (Å²) in [6.07, 6.45) is -3.11. The van der Waals surface area contributed by atoms with Crippen LogP contribution in [0.15, 0.2) is 30.3 Å². The lowest BCUT2D eigenvalue weighted by atomic mass is 9.94. The minimum Gasteiger partial charge on any atom is -0.356 e. The van der Waals surface area contributed by atoms with E-state index in [1.54, 1.807) is 18.2 Å². The summed E-state index contributed by atoms with van der Waals surface area (Å²) in [4.78, 5) is 11.8. The van der Waals surface area contributed by atoms with Crippen LogP contribution in [0, 0.1) is 5.92 Å². The molecule has 1 fully saturated rings. The minimum absolute atomic E-state index is 0. The Morgan fingerprint density at radius 3 is 2.57 bits per heavy atom. The van der Waals surface area contributed by atoms with Crippen molar-refractivity contribution in [2.24, 2.45) is 5.92 Å². The van der Waals surface area contributed by atoms with Crippen LogP contribution < -0.4 is 10.6 Å². The quantitative estimate of drug-likeness (QED) is 0.826. The van der Waals surface area contributed by atoms with Gasteiger partial charge in [0.05, 0.1) is 5.92 Å². The van der Waals surface area contributed by atoms with Gasteiger partial charge in [-0.25, -0.2) is 0 Å². The molecule has 3 nitrogen and oxygen atoms in total. The zero-order chi connectivity index (χ0) is 16.0. The van der Waals surface area contributed by atoms with Gasteiger partial charge in [0.2, 0.25) is 5.91 Å². The molecular weight excluding hydrogens is 329 g/mol. The standard InChI is InChI=1S/C16H21F3N2O.ClH/c17-16(18,19)14(13-4-2-1-3-5-13)10-15(22)21-9-7-12-6-8-20-11-12;/h1-5,12,14,20H,6-11H2,(H,21,22);1H. The molecule has 0 aliphatic carbocycles. The predicted octanol–water partition coefficient (Wildman–Crippen LogP) is 3.26. The molecule has 1 saturated heterocycles. The Balaban J connectivity index is 0.00000264. The summed E-state index contributed by atoms with van der Waals surface area (Å²) in [6.45, 7) is 2.33. The van der Waals surface area contributed by atoms with Gasteiger partial charge in [0.25, 0.3) is 0 Å². The molecule has 130 valence electrons. The van der Waals surface area contributed by atoms with Crippen molar-refractivity contribution in [1.29, 1.82) is 0 Å². The monoisotopic (exact) mass is 350 g/mol. The number of benzene rings is 1. The molecule has 0 radical (unpaired) electrons. The molecule has 2 rings (SSSR count). The normalized spacial score (nSPS) is 19.0. The van der Waals surface area contributed by atoms with E-state index in [2.05, 4.69) is 10.6 Å². The number of hydrogen-bond donors (Lipinski definition) is 2. The van der Waals surface area contributed by atoms with Gasteiger partial charge in [-0.05, 0) is 37.4 Å². The molecule has 2 N–H and O–H groups in total. The van der Waals surface area contributed by atoms with E-state index in [1.807, 2.05) is 0 Å². The minimum atomic E-state index is -4.42. The smallest absolute Gasteiger partial charge is 0.356 e. The van der Waals surface area contributed by atoms with Crippen molar-refractivity contribution in [3.8, 4) is 0 Å². The summed E-state index contributed by atoms with van der Waals surface area (Å²) in [6, 6.07) is 7.59. The van der Waals surface area contributed by atoms with Crippen LogP contribution >= 0.6 is 12.4 Å². The third kappa shape index (κ3) is 6.39. The van der Waals surface area contributed by atoms with Crippen molar-refractivity contribution in [3.05, 3.63) is 35.9 Å². The molecule has 0 bridgehead atoms. The zero-order valence-corrected chi connectivity index (χ0v) is 13.6. The number of alkyl halides is 3. The molecule has 0 aromatic heterocycles. The van der Waals surface area contributed by atoms with Crippen LogP contribution in [0.2, 0.25) is 0 Å². The molecule has 23 heavy (non-hydrogen) atoms. The number of halogens is 4. The fourth-order valence-corrected chi connectivity index (χ4v) is 2.74. The molecule has 1 heterocycles. The van der Waals surface area contributed by atoms with E-state index in [0.717, 1.165) is 25.9 Å². The highest BCUT2D eigenvalue weighted by Gasteiger charge is 2.41. The fraction of sp³-hybridized carbons (Fsp3) is 0.562. The molecule has 2 unspecified atom stereocenters. The van der Waals surface area contributed by atoms with E-state index in [9.17, 15) is 18.0 Å². The largest absolute Gasteiger partial charge is 0.396 e. The first-order chi connectivity index (χ1) is 10.5. The van der Waals surface area contributed by atoms with Crippen molar-refractivity contribution < 1.29 is 18.0 Å². The van der Waals surface area contributed by atoms with E-state index < -0.39 is 24.4 Å². The number of nitrogens with one attached hydrogen (secondary N) is 2. The van der Waals surface area contributed by atoms with Crippen LogP contribution in [-0.4, -0.2) is 31.7 Å². The number of carbonyl (C=O) groups is 1. The highest BCUT2D eigenvalue weighted by atomic mass is 35.5. The van der Waals surface area contributed by atoms with Crippen LogP contribution in [-0.2, 0) is 4.79 Å². The highest BCUT2D eigenvalue weighted by molar-refractivity contribution is 5.85. The first-order valence-electron chi connectivity index (χ1n) is 7.56. The maximum Gasteiger partial charge on any atom is 0.396 e. The maximum absolute atomic E-state index is 13.1. The fourth-order valence-electron chi connectivity index (χ4n) is 2.74. The summed E-state index contributed by atoms with van der Waals surface area (Å²) in [5.74, 6) is -1.79. The van der Waals surface area contributed by atoms with Crippen molar-refractivity contribution in [2.75, 3.05) is 19.6 Å². The third-order valence-corrected chi connectivity index (χ3v) is 4.02. The van der Waals surface area contributed by atoms with E-state index in [1.165, 1.54) is 12.1 Å². The molecule has 1 aromatic carbocycles. The molecule has 1 aliphatic rings. The van der Waals surface area contributed by atoms with Crippen LogP contribution in [0.5, 0.6) is 0 Å². The molecule has 7 heteroatoms. The van der Waals surface area contributed by atoms with Gasteiger partial charge in [-0.2, -0.15) is 13.2 Å². The molecule has 0 saturated carbocycles. The Kier molecular flexibility index (Phi) is 7.85. The van der Waals surface area contributed by atoms with E-state index in [4.69, 9.17) is 0 Å². The van der Waals surface area contributed by atoms with Gasteiger partial charge in [-0.15, -0.1) is 12.4 Å². The van der Waals surface area contributed by atoms with Gasteiger partial charge in [0.1, 0.15) is 0 Å². The number of amides is 1. The lowest BCUT2D eigenvalue weighted by Crippen LogP contribution is -2.31. The van der Waals surface area contributed by atoms with Crippen molar-refractivity contribution >= 4 is 18.3 Å². The summed E-state index contributed by atoms with van der Waals surface area (Å²) in [7, 11) is 0. The molecule has 1 aliphatic heterocycles. The van der Waals surface area contributed by atoms with Crippen molar-refractivity contribution in [3.63, 3.8) is 0 Å². The average Bonchev–Trinajstić information content (AvgIpc) is 2.98. The molecule has 2 atom stereocenters. The molecule has 1 aromatic rings. The van der Waals surface area contributed by atoms with Gasteiger partial charge in [-0.3, -0.25) is 4.79 Å². The SMILES string of the molecule is Cl.O=C(CC(c1ccccc1)C(F)(F)F)NCCC1CCNC1. The van der Waals surface area contributed by atoms with Gasteiger partial charge in [0.15, 0.2) is 0 Å². The predicted molar refractivity (Wildman–Crippen MR) is 85.7 cm³/mol. The van der Waals surface area contributed by atoms with Crippen molar-refractivity contribution in [1.82, 2.24) is 10.6 Å². The van der Waals surface area contributed by atoms with Crippen LogP contribution in [0.25, 0.3) is 0 Å². The topological polar surface area (TPSA) is 41.1 Å². The summed E-state index contributed by atoms with van der Waals surface area (Å²) < 4.78 is 39.4. The first-order valence-corrected chi connectivity index (χ1v) is 7.56. The number of hydrogen-bond acceptors (Lipinski definition) is 2. The summed E-state index contributed by atoms with van der Waals surface area (Å²) in [5, 5.41) is 5.84. The van der Waals surface area contributed by atoms with E-state index in [-0.39, 0.29) is 18.0 Å². The second-order valence-electron chi connectivity index (χ2n) is 5.71. The Morgan fingerprint density at radius 2 is 2.00 bits per heavy atom. The third-order valence-electron chi connectivity index (χ3n) is 4.02. The Morgan fingerprint density at radius 1 is 1.30 bits per heavy atom. The zero-order valence-electron chi connectivity index (χ0n) is 12.7. The van der Waals surface area contributed by atoms with Gasteiger partial charge >= 0.3 is 6.18 Å². The Labute approximate surface area is 140 Å². The van der Waals surface area contributed by atoms with Crippen LogP contribution in [0.3, 0.4) is 0 Å². The summed E-state index contributed by atoms with van der Waals surface area (Å²) >= 11 is 0. The maximum atomic E-state index is 13.1. The lowest BCUT2D eigenvalue weighted by Gasteiger charge is -2.20. The van der Waals surface area contributed by atoms with Gasteiger partial charge in [-0.1, -0.05) is 30.3 Å². The lowest BCUT2D eigenvalue weighted by molar-refractivity contribution is -0.157. The summed E-state index contributed by atoms with van der Waals surface area (Å²) in [5.41, 5.74) is 0.130. The molecule has 1 amide bonds. The number of rotatable bonds is 6. The van der Waals surface area contributed by atoms with Gasteiger partial charge in [0, 0.05) is 13.0 Å². The van der Waals surface area contributed by atoms with Crippen LogP contribution in [0.4, 0.5) is 13.2 Å². The number of carbonyl (C=O) groups excluding carboxylic acids is 1.